The fraction of sp³-hybridized carbons (Fsp3) is 0.441. The largest absolute Gasteiger partial charge is 0.465 e. The second-order valence-corrected chi connectivity index (χ2v) is 12.1. The van der Waals surface area contributed by atoms with Gasteiger partial charge >= 0.3 is 12.3 Å². The molecule has 13 heteroatoms. The molecule has 252 valence electrons. The van der Waals surface area contributed by atoms with Gasteiger partial charge in [-0.05, 0) is 62.4 Å². The summed E-state index contributed by atoms with van der Waals surface area (Å²) in [6.07, 6.45) is -5.26. The summed E-state index contributed by atoms with van der Waals surface area (Å²) in [6, 6.07) is 15.1. The van der Waals surface area contributed by atoms with Gasteiger partial charge in [-0.15, -0.1) is 0 Å². The van der Waals surface area contributed by atoms with Crippen LogP contribution in [0.5, 0.6) is 0 Å². The fourth-order valence-electron chi connectivity index (χ4n) is 6.23. The van der Waals surface area contributed by atoms with Crippen LogP contribution in [0.3, 0.4) is 0 Å². The Balaban J connectivity index is 1.39. The lowest BCUT2D eigenvalue weighted by Crippen LogP contribution is -2.50. The minimum absolute atomic E-state index is 0.000441. The second-order valence-electron chi connectivity index (χ2n) is 12.1. The van der Waals surface area contributed by atoms with Crippen molar-refractivity contribution in [3.63, 3.8) is 0 Å². The predicted octanol–water partition coefficient (Wildman–Crippen LogP) is 4.46. The van der Waals surface area contributed by atoms with Crippen molar-refractivity contribution in [1.82, 2.24) is 25.0 Å². The molecule has 1 aliphatic carbocycles. The topological polar surface area (TPSA) is 127 Å². The maximum atomic E-state index is 13.9. The van der Waals surface area contributed by atoms with Crippen LogP contribution in [-0.2, 0) is 31.2 Å². The maximum absolute atomic E-state index is 13.9. The number of nitrogens with one attached hydrogen (secondary N) is 2. The van der Waals surface area contributed by atoms with Crippen LogP contribution < -0.4 is 10.6 Å². The van der Waals surface area contributed by atoms with Crippen LogP contribution in [-0.4, -0.2) is 80.8 Å². The number of alkyl halides is 3. The lowest BCUT2D eigenvalue weighted by molar-refractivity contribution is -0.137. The number of fused-ring (bicyclic) bond motifs is 1. The first-order valence-corrected chi connectivity index (χ1v) is 15.8. The lowest BCUT2D eigenvalue weighted by Gasteiger charge is -2.29. The molecule has 3 amide bonds. The molecule has 0 unspecified atom stereocenters. The highest BCUT2D eigenvalue weighted by Crippen LogP contribution is 2.46. The normalized spacial score (nSPS) is 16.6. The summed E-state index contributed by atoms with van der Waals surface area (Å²) in [5.41, 5.74) is 0.758. The van der Waals surface area contributed by atoms with Gasteiger partial charge in [0.15, 0.2) is 0 Å². The summed E-state index contributed by atoms with van der Waals surface area (Å²) >= 11 is 0. The van der Waals surface area contributed by atoms with E-state index in [1.54, 1.807) is 15.5 Å². The van der Waals surface area contributed by atoms with Crippen molar-refractivity contribution < 1.29 is 37.8 Å². The van der Waals surface area contributed by atoms with Gasteiger partial charge in [0, 0.05) is 38.3 Å². The van der Waals surface area contributed by atoms with E-state index in [2.05, 4.69) is 10.6 Å². The van der Waals surface area contributed by atoms with Crippen LogP contribution in [0.4, 0.5) is 18.0 Å². The van der Waals surface area contributed by atoms with Crippen molar-refractivity contribution in [2.24, 2.45) is 0 Å². The molecular weight excluding hydrogens is 615 g/mol. The summed E-state index contributed by atoms with van der Waals surface area (Å²) in [6.45, 7) is 4.79. The molecule has 2 aromatic carbocycles. The zero-order valence-corrected chi connectivity index (χ0v) is 26.4. The predicted molar refractivity (Wildman–Crippen MR) is 168 cm³/mol. The zero-order chi connectivity index (χ0) is 33.9. The molecule has 2 aliphatic rings. The highest BCUT2D eigenvalue weighted by Gasteiger charge is 2.45. The van der Waals surface area contributed by atoms with E-state index >= 15 is 0 Å². The number of aliphatic hydroxyl groups excluding tert-OH is 1. The molecular formula is C34H40F3N5O5. The average molecular weight is 656 g/mol. The number of hydrogen-bond acceptors (Lipinski definition) is 5. The quantitative estimate of drug-likeness (QED) is 0.228. The Morgan fingerprint density at radius 1 is 1.00 bits per heavy atom. The lowest BCUT2D eigenvalue weighted by atomic mass is 9.98. The van der Waals surface area contributed by atoms with Gasteiger partial charge in [-0.1, -0.05) is 42.5 Å². The number of aromatic nitrogens is 1. The number of rotatable bonds is 12. The van der Waals surface area contributed by atoms with Gasteiger partial charge in [0.2, 0.25) is 0 Å². The smallest absolute Gasteiger partial charge is 0.416 e. The Hall–Kier alpha value is -4.36. The van der Waals surface area contributed by atoms with Crippen molar-refractivity contribution in [2.45, 2.75) is 70.1 Å². The highest BCUT2D eigenvalue weighted by atomic mass is 19.4. The van der Waals surface area contributed by atoms with E-state index in [0.29, 0.717) is 37.2 Å². The second kappa shape index (κ2) is 13.8. The van der Waals surface area contributed by atoms with Crippen LogP contribution in [0, 0.1) is 0 Å². The first kappa shape index (κ1) is 34.0. The SMILES string of the molecule is CCN(CC)C(=O)c1cc(C(=O)N[C@@H](Cc2ccccc2)[C@@H](O)CNC2(c3cccc(C(F)(F)F)c3)CC2)n2c1CN(C(=O)O)CC2. The molecule has 10 nitrogen and oxygen atoms in total. The number of benzene rings is 2. The van der Waals surface area contributed by atoms with Gasteiger partial charge in [-0.25, -0.2) is 4.79 Å². The number of aliphatic hydroxyl groups is 1. The molecule has 1 fully saturated rings. The third-order valence-electron chi connectivity index (χ3n) is 9.15. The number of halogens is 3. The Morgan fingerprint density at radius 3 is 2.32 bits per heavy atom. The van der Waals surface area contributed by atoms with Crippen molar-refractivity contribution in [1.29, 1.82) is 0 Å². The van der Waals surface area contributed by atoms with E-state index in [4.69, 9.17) is 0 Å². The number of hydrogen-bond donors (Lipinski definition) is 4. The Labute approximate surface area is 271 Å². The minimum atomic E-state index is -4.48. The molecule has 0 saturated heterocycles. The summed E-state index contributed by atoms with van der Waals surface area (Å²) in [5, 5.41) is 27.3. The summed E-state index contributed by atoms with van der Waals surface area (Å²) in [7, 11) is 0. The number of carbonyl (C=O) groups is 3. The minimum Gasteiger partial charge on any atom is -0.465 e. The summed E-state index contributed by atoms with van der Waals surface area (Å²) < 4.78 is 41.9. The van der Waals surface area contributed by atoms with Crippen LogP contribution in [0.2, 0.25) is 0 Å². The van der Waals surface area contributed by atoms with E-state index in [0.717, 1.165) is 17.7 Å². The van der Waals surface area contributed by atoms with Crippen LogP contribution in [0.25, 0.3) is 0 Å². The van der Waals surface area contributed by atoms with E-state index in [1.807, 2.05) is 44.2 Å². The maximum Gasteiger partial charge on any atom is 0.416 e. The Bertz CT molecular complexity index is 1600. The molecule has 1 saturated carbocycles. The van der Waals surface area contributed by atoms with Crippen molar-refractivity contribution >= 4 is 17.9 Å². The molecule has 4 N–H and O–H groups in total. The van der Waals surface area contributed by atoms with E-state index in [9.17, 15) is 37.8 Å². The first-order valence-electron chi connectivity index (χ1n) is 15.8. The fourth-order valence-corrected chi connectivity index (χ4v) is 6.23. The molecule has 47 heavy (non-hydrogen) atoms. The third-order valence-corrected chi connectivity index (χ3v) is 9.15. The van der Waals surface area contributed by atoms with E-state index in [-0.39, 0.29) is 49.8 Å². The molecule has 2 atom stereocenters. The Kier molecular flexibility index (Phi) is 9.97. The molecule has 0 spiro atoms. The van der Waals surface area contributed by atoms with Crippen LogP contribution in [0.1, 0.15) is 69.9 Å². The number of amides is 3. The van der Waals surface area contributed by atoms with Gasteiger partial charge in [0.1, 0.15) is 5.69 Å². The van der Waals surface area contributed by atoms with Gasteiger partial charge in [-0.3, -0.25) is 9.59 Å². The molecule has 0 bridgehead atoms. The Morgan fingerprint density at radius 2 is 1.70 bits per heavy atom. The summed E-state index contributed by atoms with van der Waals surface area (Å²) in [5.74, 6) is -0.841. The first-order chi connectivity index (χ1) is 22.4. The number of carboxylic acid groups (broad SMARTS) is 1. The zero-order valence-electron chi connectivity index (χ0n) is 26.4. The molecule has 3 aromatic rings. The van der Waals surface area contributed by atoms with Crippen LogP contribution >= 0.6 is 0 Å². The van der Waals surface area contributed by atoms with Crippen molar-refractivity contribution in [2.75, 3.05) is 26.2 Å². The van der Waals surface area contributed by atoms with Gasteiger partial charge in [-0.2, -0.15) is 13.2 Å². The molecule has 2 heterocycles. The van der Waals surface area contributed by atoms with Gasteiger partial charge in [0.25, 0.3) is 11.8 Å². The number of carbonyl (C=O) groups excluding carboxylic acids is 2. The van der Waals surface area contributed by atoms with Crippen LogP contribution in [0.15, 0.2) is 60.7 Å². The molecule has 1 aromatic heterocycles. The van der Waals surface area contributed by atoms with E-state index in [1.165, 1.54) is 17.0 Å². The van der Waals surface area contributed by atoms with E-state index < -0.39 is 41.4 Å². The molecule has 0 radical (unpaired) electrons. The average Bonchev–Trinajstić information content (AvgIpc) is 3.76. The van der Waals surface area contributed by atoms with Gasteiger partial charge < -0.3 is 35.2 Å². The standard InChI is InChI=1S/C34H40F3N5O5/c1-3-40(4-2)31(45)25-19-27(42-16-15-41(32(46)47)21-28(25)42)30(44)39-26(17-22-9-6-5-7-10-22)29(43)20-38-33(13-14-33)23-11-8-12-24(18-23)34(35,36)37/h5-12,18-19,26,29,38,43H,3-4,13-17,20-21H2,1-2H3,(H,39,44)(H,46,47)/t26-,29-/m0/s1. The monoisotopic (exact) mass is 655 g/mol. The highest BCUT2D eigenvalue weighted by molar-refractivity contribution is 6.01. The van der Waals surface area contributed by atoms with Crippen molar-refractivity contribution in [3.05, 3.63) is 94.3 Å². The van der Waals surface area contributed by atoms with Crippen molar-refractivity contribution in [3.8, 4) is 0 Å². The number of nitrogens with zero attached hydrogens (tertiary/aromatic N) is 3. The summed E-state index contributed by atoms with van der Waals surface area (Å²) in [4.78, 5) is 41.9. The molecule has 1 aliphatic heterocycles. The third kappa shape index (κ3) is 7.46. The van der Waals surface area contributed by atoms with Gasteiger partial charge in [0.05, 0.1) is 35.5 Å². The molecule has 5 rings (SSSR count).